The predicted octanol–water partition coefficient (Wildman–Crippen LogP) is 3.77. The minimum atomic E-state index is -2.49. The Morgan fingerprint density at radius 1 is 1.41 bits per heavy atom. The maximum atomic E-state index is 12.6. The Kier molecular flexibility index (Phi) is 3.71. The topological polar surface area (TPSA) is 30.2 Å². The van der Waals surface area contributed by atoms with E-state index in [1.54, 1.807) is 0 Å². The van der Waals surface area contributed by atoms with Crippen molar-refractivity contribution in [2.24, 2.45) is 0 Å². The highest BCUT2D eigenvalue weighted by atomic mass is 79.9. The highest BCUT2D eigenvalue weighted by molar-refractivity contribution is 9.10. The number of unbranched alkanes of at least 4 members (excludes halogenated alkanes) is 1. The number of fused-ring (bicyclic) bond motifs is 1. The van der Waals surface area contributed by atoms with Gasteiger partial charge in [-0.05, 0) is 34.5 Å². The molecule has 0 amide bonds. The minimum absolute atomic E-state index is 0.0428. The molecule has 92 valence electrons. The SMILES string of the molecule is CCCCc1nc2cc(C(F)F)cc(Br)n2n1. The molecule has 17 heavy (non-hydrogen) atoms. The first kappa shape index (κ1) is 12.4. The summed E-state index contributed by atoms with van der Waals surface area (Å²) < 4.78 is 27.3. The molecule has 0 aliphatic heterocycles. The predicted molar refractivity (Wildman–Crippen MR) is 64.3 cm³/mol. The van der Waals surface area contributed by atoms with E-state index in [2.05, 4.69) is 32.9 Å². The van der Waals surface area contributed by atoms with E-state index in [0.717, 1.165) is 19.3 Å². The molecule has 0 aliphatic carbocycles. The van der Waals surface area contributed by atoms with Gasteiger partial charge in [-0.1, -0.05) is 13.3 Å². The molecule has 0 atom stereocenters. The Labute approximate surface area is 106 Å². The van der Waals surface area contributed by atoms with Crippen molar-refractivity contribution in [1.82, 2.24) is 14.6 Å². The smallest absolute Gasteiger partial charge is 0.212 e. The van der Waals surface area contributed by atoms with Gasteiger partial charge in [-0.15, -0.1) is 0 Å². The van der Waals surface area contributed by atoms with E-state index in [0.29, 0.717) is 16.1 Å². The van der Waals surface area contributed by atoms with Crippen LogP contribution in [0.1, 0.15) is 37.6 Å². The zero-order chi connectivity index (χ0) is 12.4. The van der Waals surface area contributed by atoms with Gasteiger partial charge in [0.1, 0.15) is 4.60 Å². The summed E-state index contributed by atoms with van der Waals surface area (Å²) in [5.74, 6) is 0.693. The second-order valence-electron chi connectivity index (χ2n) is 3.81. The van der Waals surface area contributed by atoms with Crippen molar-refractivity contribution < 1.29 is 8.78 Å². The van der Waals surface area contributed by atoms with Gasteiger partial charge < -0.3 is 0 Å². The number of pyridine rings is 1. The van der Waals surface area contributed by atoms with Crippen LogP contribution in [0.5, 0.6) is 0 Å². The Morgan fingerprint density at radius 3 is 2.82 bits per heavy atom. The minimum Gasteiger partial charge on any atom is -0.212 e. The zero-order valence-corrected chi connectivity index (χ0v) is 10.9. The van der Waals surface area contributed by atoms with Crippen molar-refractivity contribution in [3.05, 3.63) is 28.1 Å². The molecule has 2 heterocycles. The molecule has 2 rings (SSSR count). The van der Waals surface area contributed by atoms with Crippen LogP contribution in [-0.2, 0) is 6.42 Å². The lowest BCUT2D eigenvalue weighted by Gasteiger charge is -2.01. The first-order chi connectivity index (χ1) is 8.11. The number of aryl methyl sites for hydroxylation is 1. The second kappa shape index (κ2) is 5.08. The Hall–Kier alpha value is -1.04. The van der Waals surface area contributed by atoms with Crippen molar-refractivity contribution in [2.45, 2.75) is 32.6 Å². The third-order valence-electron chi connectivity index (χ3n) is 2.47. The maximum Gasteiger partial charge on any atom is 0.264 e. The number of aromatic nitrogens is 3. The summed E-state index contributed by atoms with van der Waals surface area (Å²) in [4.78, 5) is 4.24. The van der Waals surface area contributed by atoms with Gasteiger partial charge in [0, 0.05) is 12.0 Å². The molecule has 2 aromatic rings. The van der Waals surface area contributed by atoms with E-state index in [-0.39, 0.29) is 5.56 Å². The molecule has 0 radical (unpaired) electrons. The van der Waals surface area contributed by atoms with Crippen LogP contribution in [0.3, 0.4) is 0 Å². The van der Waals surface area contributed by atoms with E-state index in [1.165, 1.54) is 16.6 Å². The third kappa shape index (κ3) is 2.62. The largest absolute Gasteiger partial charge is 0.264 e. The van der Waals surface area contributed by atoms with Crippen molar-refractivity contribution in [3.63, 3.8) is 0 Å². The van der Waals surface area contributed by atoms with Crippen LogP contribution in [0.4, 0.5) is 8.78 Å². The summed E-state index contributed by atoms with van der Waals surface area (Å²) in [5.41, 5.74) is 0.416. The number of nitrogens with zero attached hydrogens (tertiary/aromatic N) is 3. The van der Waals surface area contributed by atoms with Gasteiger partial charge in [-0.3, -0.25) is 0 Å². The quantitative estimate of drug-likeness (QED) is 0.805. The van der Waals surface area contributed by atoms with Gasteiger partial charge in [-0.2, -0.15) is 5.10 Å². The monoisotopic (exact) mass is 303 g/mol. The van der Waals surface area contributed by atoms with E-state index in [1.807, 2.05) is 0 Å². The lowest BCUT2D eigenvalue weighted by atomic mass is 10.2. The molecule has 0 saturated carbocycles. The van der Waals surface area contributed by atoms with Crippen molar-refractivity contribution in [1.29, 1.82) is 0 Å². The van der Waals surface area contributed by atoms with Gasteiger partial charge in [0.25, 0.3) is 6.43 Å². The van der Waals surface area contributed by atoms with Crippen molar-refractivity contribution >= 4 is 21.6 Å². The molecular formula is C11H12BrF2N3. The Bertz CT molecular complexity index is 525. The first-order valence-electron chi connectivity index (χ1n) is 5.45. The van der Waals surface area contributed by atoms with E-state index >= 15 is 0 Å². The fourth-order valence-corrected chi connectivity index (χ4v) is 2.10. The number of alkyl halides is 2. The zero-order valence-electron chi connectivity index (χ0n) is 9.33. The van der Waals surface area contributed by atoms with Crippen LogP contribution in [-0.4, -0.2) is 14.6 Å². The van der Waals surface area contributed by atoms with Crippen LogP contribution >= 0.6 is 15.9 Å². The molecule has 0 aliphatic rings. The summed E-state index contributed by atoms with van der Waals surface area (Å²) >= 11 is 3.22. The number of hydrogen-bond acceptors (Lipinski definition) is 2. The average molecular weight is 304 g/mol. The molecular weight excluding hydrogens is 292 g/mol. The summed E-state index contributed by atoms with van der Waals surface area (Å²) in [6, 6.07) is 2.74. The highest BCUT2D eigenvalue weighted by Gasteiger charge is 2.13. The van der Waals surface area contributed by atoms with Crippen LogP contribution in [0.15, 0.2) is 16.7 Å². The molecule has 0 saturated heterocycles. The fraction of sp³-hybridized carbons (Fsp3) is 0.455. The Balaban J connectivity index is 2.42. The number of hydrogen-bond donors (Lipinski definition) is 0. The lowest BCUT2D eigenvalue weighted by molar-refractivity contribution is 0.151. The third-order valence-corrected chi connectivity index (χ3v) is 3.03. The number of rotatable bonds is 4. The van der Waals surface area contributed by atoms with Gasteiger partial charge in [0.05, 0.1) is 0 Å². The molecule has 2 aromatic heterocycles. The summed E-state index contributed by atoms with van der Waals surface area (Å²) in [6.07, 6.45) is 0.330. The summed E-state index contributed by atoms with van der Waals surface area (Å²) in [6.45, 7) is 2.08. The maximum absolute atomic E-state index is 12.6. The molecule has 0 spiro atoms. The average Bonchev–Trinajstić information content (AvgIpc) is 2.69. The van der Waals surface area contributed by atoms with Gasteiger partial charge >= 0.3 is 0 Å². The summed E-state index contributed by atoms with van der Waals surface area (Å²) in [7, 11) is 0. The van der Waals surface area contributed by atoms with Gasteiger partial charge in [-0.25, -0.2) is 18.3 Å². The van der Waals surface area contributed by atoms with Crippen LogP contribution in [0.25, 0.3) is 5.65 Å². The lowest BCUT2D eigenvalue weighted by Crippen LogP contribution is -1.94. The van der Waals surface area contributed by atoms with Gasteiger partial charge in [0.15, 0.2) is 11.5 Å². The first-order valence-corrected chi connectivity index (χ1v) is 6.24. The fourth-order valence-electron chi connectivity index (χ4n) is 1.58. The molecule has 3 nitrogen and oxygen atoms in total. The van der Waals surface area contributed by atoms with E-state index in [4.69, 9.17) is 0 Å². The molecule has 0 aromatic carbocycles. The second-order valence-corrected chi connectivity index (χ2v) is 4.63. The Morgan fingerprint density at radius 2 is 2.18 bits per heavy atom. The van der Waals surface area contributed by atoms with Crippen LogP contribution < -0.4 is 0 Å². The van der Waals surface area contributed by atoms with Gasteiger partial charge in [0.2, 0.25) is 0 Å². The van der Waals surface area contributed by atoms with E-state index in [9.17, 15) is 8.78 Å². The summed E-state index contributed by atoms with van der Waals surface area (Å²) in [5, 5.41) is 4.26. The highest BCUT2D eigenvalue weighted by Crippen LogP contribution is 2.24. The van der Waals surface area contributed by atoms with E-state index < -0.39 is 6.43 Å². The van der Waals surface area contributed by atoms with Crippen molar-refractivity contribution in [3.8, 4) is 0 Å². The normalized spacial score (nSPS) is 11.6. The molecule has 0 fully saturated rings. The van der Waals surface area contributed by atoms with Crippen LogP contribution in [0, 0.1) is 0 Å². The molecule has 0 unspecified atom stereocenters. The number of halogens is 3. The molecule has 0 N–H and O–H groups in total. The van der Waals surface area contributed by atoms with Crippen LogP contribution in [0.2, 0.25) is 0 Å². The standard InChI is InChI=1S/C11H12BrF2N3/c1-2-3-4-9-15-10-6-7(11(13)14)5-8(12)17(10)16-9/h5-6,11H,2-4H2,1H3. The molecule has 6 heteroatoms. The van der Waals surface area contributed by atoms with Crippen molar-refractivity contribution in [2.75, 3.05) is 0 Å². The molecule has 0 bridgehead atoms.